The van der Waals surface area contributed by atoms with Crippen molar-refractivity contribution in [2.24, 2.45) is 4.99 Å². The Morgan fingerprint density at radius 3 is 2.93 bits per heavy atom. The van der Waals surface area contributed by atoms with Crippen LogP contribution in [0.4, 0.5) is 5.69 Å². The fourth-order valence-corrected chi connectivity index (χ4v) is 1.80. The number of hydrogen-bond acceptors (Lipinski definition) is 2. The van der Waals surface area contributed by atoms with Crippen molar-refractivity contribution in [3.05, 3.63) is 28.8 Å². The molecule has 1 aromatic carbocycles. The van der Waals surface area contributed by atoms with Crippen LogP contribution in [-0.4, -0.2) is 12.4 Å². The number of anilines is 1. The minimum Gasteiger partial charge on any atom is -0.343 e. The molecule has 1 aliphatic heterocycles. The number of rotatable bonds is 1. The van der Waals surface area contributed by atoms with E-state index in [9.17, 15) is 0 Å². The van der Waals surface area contributed by atoms with Crippen molar-refractivity contribution in [2.45, 2.75) is 19.8 Å². The smallest absolute Gasteiger partial charge is 0.101 e. The molecule has 0 fully saturated rings. The summed E-state index contributed by atoms with van der Waals surface area (Å²) in [5.41, 5.74) is 2.13. The summed E-state index contributed by atoms with van der Waals surface area (Å²) in [6, 6.07) is 6.00. The summed E-state index contributed by atoms with van der Waals surface area (Å²) in [5.74, 6) is 1.05. The molecule has 0 saturated heterocycles. The van der Waals surface area contributed by atoms with Crippen LogP contribution in [0.15, 0.2) is 23.2 Å². The molecule has 0 aromatic heterocycles. The maximum Gasteiger partial charge on any atom is 0.101 e. The molecule has 0 bridgehead atoms. The minimum atomic E-state index is 0.764. The Hall–Kier alpha value is -1.02. The van der Waals surface area contributed by atoms with Crippen molar-refractivity contribution >= 4 is 23.1 Å². The molecule has 1 N–H and O–H groups in total. The Kier molecular flexibility index (Phi) is 2.73. The van der Waals surface area contributed by atoms with Gasteiger partial charge in [0.05, 0.1) is 10.7 Å². The Balaban J connectivity index is 2.16. The second-order valence-corrected chi connectivity index (χ2v) is 3.95. The van der Waals surface area contributed by atoms with Crippen LogP contribution >= 0.6 is 11.6 Å². The van der Waals surface area contributed by atoms with E-state index in [1.165, 1.54) is 5.56 Å². The second-order valence-electron chi connectivity index (χ2n) is 3.54. The van der Waals surface area contributed by atoms with Gasteiger partial charge in [0.25, 0.3) is 0 Å². The van der Waals surface area contributed by atoms with Gasteiger partial charge in [0, 0.05) is 13.0 Å². The van der Waals surface area contributed by atoms with Gasteiger partial charge in [0.15, 0.2) is 0 Å². The first kappa shape index (κ1) is 9.53. The molecule has 0 unspecified atom stereocenters. The predicted octanol–water partition coefficient (Wildman–Crippen LogP) is 3.25. The number of aliphatic imine (C=N–C) groups is 1. The highest BCUT2D eigenvalue weighted by atomic mass is 35.5. The first-order valence-corrected chi connectivity index (χ1v) is 5.20. The standard InChI is InChI=1S/C11H13ClN2/c1-8-4-5-10(9(12)7-8)14-11-3-2-6-13-11/h4-5,7H,2-3,6H2,1H3,(H,13,14). The minimum absolute atomic E-state index is 0.764. The molecule has 0 atom stereocenters. The third-order valence-electron chi connectivity index (χ3n) is 2.28. The van der Waals surface area contributed by atoms with Crippen LogP contribution in [0.25, 0.3) is 0 Å². The van der Waals surface area contributed by atoms with Crippen LogP contribution in [0.5, 0.6) is 0 Å². The molecule has 2 rings (SSSR count). The monoisotopic (exact) mass is 208 g/mol. The molecule has 14 heavy (non-hydrogen) atoms. The number of nitrogens with one attached hydrogen (secondary N) is 1. The summed E-state index contributed by atoms with van der Waals surface area (Å²) < 4.78 is 0. The summed E-state index contributed by atoms with van der Waals surface area (Å²) in [7, 11) is 0. The third kappa shape index (κ3) is 2.07. The lowest BCUT2D eigenvalue weighted by Gasteiger charge is -2.08. The largest absolute Gasteiger partial charge is 0.343 e. The molecule has 3 heteroatoms. The van der Waals surface area contributed by atoms with Gasteiger partial charge in [-0.05, 0) is 31.0 Å². The maximum absolute atomic E-state index is 6.09. The summed E-state index contributed by atoms with van der Waals surface area (Å²) >= 11 is 6.09. The number of nitrogens with zero attached hydrogens (tertiary/aromatic N) is 1. The molecule has 1 aliphatic rings. The number of halogens is 1. The molecule has 1 aromatic rings. The van der Waals surface area contributed by atoms with E-state index in [2.05, 4.69) is 10.3 Å². The highest BCUT2D eigenvalue weighted by Gasteiger charge is 2.07. The molecule has 0 saturated carbocycles. The topological polar surface area (TPSA) is 24.4 Å². The molecule has 0 radical (unpaired) electrons. The van der Waals surface area contributed by atoms with E-state index < -0.39 is 0 Å². The lowest BCUT2D eigenvalue weighted by molar-refractivity contribution is 0.951. The van der Waals surface area contributed by atoms with E-state index in [0.717, 1.165) is 35.9 Å². The Morgan fingerprint density at radius 2 is 2.29 bits per heavy atom. The van der Waals surface area contributed by atoms with Crippen molar-refractivity contribution < 1.29 is 0 Å². The van der Waals surface area contributed by atoms with E-state index in [1.54, 1.807) is 0 Å². The summed E-state index contributed by atoms with van der Waals surface area (Å²) in [6.07, 6.45) is 2.18. The van der Waals surface area contributed by atoms with Gasteiger partial charge in [-0.25, -0.2) is 0 Å². The van der Waals surface area contributed by atoms with Gasteiger partial charge in [-0.3, -0.25) is 4.99 Å². The van der Waals surface area contributed by atoms with Gasteiger partial charge in [-0.15, -0.1) is 0 Å². The Bertz CT molecular complexity index is 372. The molecule has 74 valence electrons. The first-order valence-electron chi connectivity index (χ1n) is 4.82. The van der Waals surface area contributed by atoms with E-state index in [1.807, 2.05) is 25.1 Å². The van der Waals surface area contributed by atoms with Crippen LogP contribution in [0.1, 0.15) is 18.4 Å². The normalized spacial score (nSPS) is 15.4. The number of hydrogen-bond donors (Lipinski definition) is 1. The maximum atomic E-state index is 6.09. The van der Waals surface area contributed by atoms with Crippen LogP contribution in [0, 0.1) is 6.92 Å². The molecule has 0 spiro atoms. The quantitative estimate of drug-likeness (QED) is 0.753. The molecule has 2 nitrogen and oxygen atoms in total. The molecule has 1 heterocycles. The molecular formula is C11H13ClN2. The van der Waals surface area contributed by atoms with Crippen molar-refractivity contribution in [1.82, 2.24) is 0 Å². The second kappa shape index (κ2) is 4.01. The highest BCUT2D eigenvalue weighted by molar-refractivity contribution is 6.33. The predicted molar refractivity (Wildman–Crippen MR) is 61.3 cm³/mol. The average Bonchev–Trinajstić information content (AvgIpc) is 2.62. The van der Waals surface area contributed by atoms with E-state index in [-0.39, 0.29) is 0 Å². The summed E-state index contributed by atoms with van der Waals surface area (Å²) in [5, 5.41) is 4.02. The zero-order chi connectivity index (χ0) is 9.97. The number of amidine groups is 1. The Morgan fingerprint density at radius 1 is 1.43 bits per heavy atom. The average molecular weight is 209 g/mol. The molecular weight excluding hydrogens is 196 g/mol. The summed E-state index contributed by atoms with van der Waals surface area (Å²) in [4.78, 5) is 4.34. The zero-order valence-electron chi connectivity index (χ0n) is 8.18. The lowest BCUT2D eigenvalue weighted by atomic mass is 10.2. The van der Waals surface area contributed by atoms with E-state index in [4.69, 9.17) is 11.6 Å². The van der Waals surface area contributed by atoms with Gasteiger partial charge in [-0.2, -0.15) is 0 Å². The van der Waals surface area contributed by atoms with Crippen LogP contribution < -0.4 is 5.32 Å². The van der Waals surface area contributed by atoms with Crippen molar-refractivity contribution in [2.75, 3.05) is 11.9 Å². The molecule has 0 aliphatic carbocycles. The van der Waals surface area contributed by atoms with E-state index in [0.29, 0.717) is 0 Å². The number of aryl methyl sites for hydroxylation is 1. The van der Waals surface area contributed by atoms with Gasteiger partial charge < -0.3 is 5.32 Å². The van der Waals surface area contributed by atoms with Gasteiger partial charge >= 0.3 is 0 Å². The van der Waals surface area contributed by atoms with Gasteiger partial charge in [-0.1, -0.05) is 17.7 Å². The summed E-state index contributed by atoms with van der Waals surface area (Å²) in [6.45, 7) is 2.97. The first-order chi connectivity index (χ1) is 6.75. The lowest BCUT2D eigenvalue weighted by Crippen LogP contribution is -2.08. The van der Waals surface area contributed by atoms with Gasteiger partial charge in [0.1, 0.15) is 5.84 Å². The van der Waals surface area contributed by atoms with Crippen LogP contribution in [0.2, 0.25) is 5.02 Å². The van der Waals surface area contributed by atoms with Gasteiger partial charge in [0.2, 0.25) is 0 Å². The Labute approximate surface area is 89.0 Å². The SMILES string of the molecule is Cc1ccc(NC2=NCCC2)c(Cl)c1. The van der Waals surface area contributed by atoms with E-state index >= 15 is 0 Å². The highest BCUT2D eigenvalue weighted by Crippen LogP contribution is 2.23. The van der Waals surface area contributed by atoms with Crippen LogP contribution in [-0.2, 0) is 0 Å². The van der Waals surface area contributed by atoms with Crippen molar-refractivity contribution in [3.63, 3.8) is 0 Å². The fourth-order valence-electron chi connectivity index (χ4n) is 1.52. The van der Waals surface area contributed by atoms with Crippen LogP contribution in [0.3, 0.4) is 0 Å². The fraction of sp³-hybridized carbons (Fsp3) is 0.364. The van der Waals surface area contributed by atoms with Crippen molar-refractivity contribution in [3.8, 4) is 0 Å². The third-order valence-corrected chi connectivity index (χ3v) is 2.59. The number of benzene rings is 1. The van der Waals surface area contributed by atoms with Crippen molar-refractivity contribution in [1.29, 1.82) is 0 Å². The molecule has 0 amide bonds. The zero-order valence-corrected chi connectivity index (χ0v) is 8.93.